The monoisotopic (exact) mass is 322 g/mol. The Bertz CT molecular complexity index is 540. The molecule has 19 heavy (non-hydrogen) atoms. The number of morpholine rings is 1. The van der Waals surface area contributed by atoms with Gasteiger partial charge in [-0.05, 0) is 0 Å². The van der Waals surface area contributed by atoms with Crippen LogP contribution in [0.25, 0.3) is 0 Å². The zero-order valence-corrected chi connectivity index (χ0v) is 12.2. The molecule has 0 spiro atoms. The highest BCUT2D eigenvalue weighted by atomic mass is 35.5. The van der Waals surface area contributed by atoms with E-state index in [-0.39, 0.29) is 14.2 Å². The molecule has 1 fully saturated rings. The van der Waals surface area contributed by atoms with Crippen LogP contribution >= 0.6 is 22.9 Å². The van der Waals surface area contributed by atoms with Crippen LogP contribution in [0.5, 0.6) is 0 Å². The van der Waals surface area contributed by atoms with Gasteiger partial charge >= 0.3 is 5.69 Å². The number of anilines is 1. The molecule has 1 atom stereocenters. The highest BCUT2D eigenvalue weighted by Gasteiger charge is 2.33. The normalized spacial score (nSPS) is 17.2. The standard InChI is InChI=1S/C10H11ClN2O4S2/c1-2-19(16)10-8(13(14)15)7(9(11)18-10)12-3-5-17-6-4-12/h2H,1,3-6H2/t19-/m1/s1. The van der Waals surface area contributed by atoms with E-state index in [4.69, 9.17) is 16.3 Å². The largest absolute Gasteiger partial charge is 0.378 e. The van der Waals surface area contributed by atoms with Gasteiger partial charge in [0.25, 0.3) is 0 Å². The second-order valence-corrected chi connectivity index (χ2v) is 6.90. The van der Waals surface area contributed by atoms with E-state index in [0.29, 0.717) is 32.0 Å². The minimum Gasteiger partial charge on any atom is -0.378 e. The van der Waals surface area contributed by atoms with Gasteiger partial charge in [0.05, 0.1) is 28.9 Å². The van der Waals surface area contributed by atoms with Gasteiger partial charge in [-0.1, -0.05) is 18.2 Å². The Labute approximate surface area is 121 Å². The molecule has 104 valence electrons. The van der Waals surface area contributed by atoms with E-state index in [1.54, 1.807) is 4.90 Å². The summed E-state index contributed by atoms with van der Waals surface area (Å²) in [5, 5.41) is 12.4. The lowest BCUT2D eigenvalue weighted by Gasteiger charge is -2.27. The van der Waals surface area contributed by atoms with E-state index >= 15 is 0 Å². The van der Waals surface area contributed by atoms with E-state index in [1.807, 2.05) is 0 Å². The molecule has 1 aliphatic rings. The van der Waals surface area contributed by atoms with E-state index in [1.165, 1.54) is 0 Å². The Morgan fingerprint density at radius 3 is 2.68 bits per heavy atom. The number of ether oxygens (including phenoxy) is 1. The number of thiophene rings is 1. The summed E-state index contributed by atoms with van der Waals surface area (Å²) in [5.41, 5.74) is 0.153. The van der Waals surface area contributed by atoms with Crippen LogP contribution in [0.4, 0.5) is 11.4 Å². The summed E-state index contributed by atoms with van der Waals surface area (Å²) in [7, 11) is -1.62. The smallest absolute Gasteiger partial charge is 0.321 e. The van der Waals surface area contributed by atoms with Crippen LogP contribution < -0.4 is 4.90 Å². The highest BCUT2D eigenvalue weighted by Crippen LogP contribution is 2.47. The zero-order chi connectivity index (χ0) is 14.0. The van der Waals surface area contributed by atoms with Crippen molar-refractivity contribution in [3.63, 3.8) is 0 Å². The maximum atomic E-state index is 11.8. The molecule has 0 amide bonds. The molecule has 2 rings (SSSR count). The van der Waals surface area contributed by atoms with Gasteiger partial charge in [0.15, 0.2) is 4.21 Å². The van der Waals surface area contributed by atoms with E-state index in [2.05, 4.69) is 6.58 Å². The molecular formula is C10H11ClN2O4S2. The summed E-state index contributed by atoms with van der Waals surface area (Å²) in [6.45, 7) is 5.43. The lowest BCUT2D eigenvalue weighted by Crippen LogP contribution is -2.36. The number of nitro groups is 1. The van der Waals surface area contributed by atoms with Crippen molar-refractivity contribution in [3.05, 3.63) is 26.4 Å². The van der Waals surface area contributed by atoms with Gasteiger partial charge in [0.1, 0.15) is 10.0 Å². The van der Waals surface area contributed by atoms with Crippen molar-refractivity contribution >= 4 is 45.1 Å². The predicted molar refractivity (Wildman–Crippen MR) is 75.6 cm³/mol. The third kappa shape index (κ3) is 2.81. The number of rotatable bonds is 4. The van der Waals surface area contributed by atoms with Crippen molar-refractivity contribution in [2.45, 2.75) is 4.21 Å². The molecular weight excluding hydrogens is 312 g/mol. The third-order valence-corrected chi connectivity index (χ3v) is 5.40. The van der Waals surface area contributed by atoms with Gasteiger partial charge in [0, 0.05) is 18.5 Å². The summed E-state index contributed by atoms with van der Waals surface area (Å²) in [5.74, 6) is 0. The molecule has 9 heteroatoms. The Morgan fingerprint density at radius 2 is 2.16 bits per heavy atom. The Hall–Kier alpha value is -0.960. The maximum Gasteiger partial charge on any atom is 0.321 e. The van der Waals surface area contributed by atoms with Crippen LogP contribution in [0.15, 0.2) is 16.2 Å². The molecule has 0 radical (unpaired) electrons. The van der Waals surface area contributed by atoms with Crippen molar-refractivity contribution < 1.29 is 13.9 Å². The van der Waals surface area contributed by atoms with Gasteiger partial charge < -0.3 is 9.64 Å². The quantitative estimate of drug-likeness (QED) is 0.628. The van der Waals surface area contributed by atoms with Crippen molar-refractivity contribution in [1.82, 2.24) is 0 Å². The third-order valence-electron chi connectivity index (χ3n) is 2.63. The lowest BCUT2D eigenvalue weighted by molar-refractivity contribution is -0.386. The van der Waals surface area contributed by atoms with Gasteiger partial charge in [0.2, 0.25) is 0 Å². The molecule has 1 aromatic rings. The van der Waals surface area contributed by atoms with Crippen LogP contribution in [0, 0.1) is 10.1 Å². The van der Waals surface area contributed by atoms with Gasteiger partial charge in [-0.25, -0.2) is 4.21 Å². The molecule has 0 aliphatic carbocycles. The first-order valence-electron chi connectivity index (χ1n) is 5.38. The second-order valence-electron chi connectivity index (χ2n) is 3.68. The van der Waals surface area contributed by atoms with Crippen molar-refractivity contribution in [1.29, 1.82) is 0 Å². The first kappa shape index (κ1) is 14.4. The molecule has 0 saturated carbocycles. The van der Waals surface area contributed by atoms with Crippen LogP contribution in [-0.2, 0) is 15.5 Å². The second kappa shape index (κ2) is 6.00. The molecule has 1 aromatic heterocycles. The summed E-state index contributed by atoms with van der Waals surface area (Å²) in [6.07, 6.45) is 0. The average Bonchev–Trinajstić information content (AvgIpc) is 2.76. The molecule has 0 N–H and O–H groups in total. The van der Waals surface area contributed by atoms with Crippen molar-refractivity contribution in [3.8, 4) is 0 Å². The fraction of sp³-hybridized carbons (Fsp3) is 0.400. The van der Waals surface area contributed by atoms with E-state index in [9.17, 15) is 14.3 Å². The Morgan fingerprint density at radius 1 is 1.53 bits per heavy atom. The molecule has 1 aliphatic heterocycles. The fourth-order valence-electron chi connectivity index (χ4n) is 1.80. The minimum absolute atomic E-state index is 0.131. The summed E-state index contributed by atoms with van der Waals surface area (Å²) in [6, 6.07) is 0. The maximum absolute atomic E-state index is 11.8. The lowest BCUT2D eigenvalue weighted by atomic mass is 10.3. The van der Waals surface area contributed by atoms with Gasteiger partial charge in [-0.3, -0.25) is 10.1 Å². The fourth-order valence-corrected chi connectivity index (χ4v) is 4.43. The Kier molecular flexibility index (Phi) is 4.56. The molecule has 0 unspecified atom stereocenters. The summed E-state index contributed by atoms with van der Waals surface area (Å²) >= 11 is 7.06. The average molecular weight is 323 g/mol. The molecule has 6 nitrogen and oxygen atoms in total. The summed E-state index contributed by atoms with van der Waals surface area (Å²) in [4.78, 5) is 12.5. The molecule has 1 saturated heterocycles. The molecule has 2 heterocycles. The Balaban J connectivity index is 2.52. The number of hydrogen-bond acceptors (Lipinski definition) is 6. The predicted octanol–water partition coefficient (Wildman–Crippen LogP) is 2.40. The van der Waals surface area contributed by atoms with Crippen LogP contribution in [-0.4, -0.2) is 35.4 Å². The van der Waals surface area contributed by atoms with Crippen LogP contribution in [0.1, 0.15) is 0 Å². The first-order valence-corrected chi connectivity index (χ1v) is 7.79. The molecule has 0 bridgehead atoms. The van der Waals surface area contributed by atoms with Crippen molar-refractivity contribution in [2.24, 2.45) is 0 Å². The molecule has 0 aromatic carbocycles. The number of halogens is 1. The van der Waals surface area contributed by atoms with Crippen LogP contribution in [0.3, 0.4) is 0 Å². The van der Waals surface area contributed by atoms with Gasteiger partial charge in [-0.15, -0.1) is 11.3 Å². The minimum atomic E-state index is -1.62. The van der Waals surface area contributed by atoms with E-state index < -0.39 is 15.7 Å². The zero-order valence-electron chi connectivity index (χ0n) is 9.83. The SMILES string of the molecule is C=C[S@@](=O)c1sc(Cl)c(N2CCOCC2)c1[N+](=O)[O-]. The number of nitrogens with zero attached hydrogens (tertiary/aromatic N) is 2. The first-order chi connectivity index (χ1) is 9.06. The topological polar surface area (TPSA) is 72.7 Å². The number of hydrogen-bond donors (Lipinski definition) is 0. The van der Waals surface area contributed by atoms with Crippen LogP contribution in [0.2, 0.25) is 4.34 Å². The summed E-state index contributed by atoms with van der Waals surface area (Å²) < 4.78 is 17.4. The van der Waals surface area contributed by atoms with E-state index in [0.717, 1.165) is 16.7 Å². The highest BCUT2D eigenvalue weighted by molar-refractivity contribution is 7.90. The van der Waals surface area contributed by atoms with Crippen molar-refractivity contribution in [2.75, 3.05) is 31.2 Å². The van der Waals surface area contributed by atoms with Gasteiger partial charge in [-0.2, -0.15) is 0 Å².